The molecule has 2 heterocycles. The fourth-order valence-electron chi connectivity index (χ4n) is 4.04. The lowest BCUT2D eigenvalue weighted by molar-refractivity contribution is -0.384. The van der Waals surface area contributed by atoms with Crippen LogP contribution in [0.1, 0.15) is 21.5 Å². The fraction of sp³-hybridized carbons (Fsp3) is 0.0741. The molecule has 0 saturated carbocycles. The average molecular weight is 479 g/mol. The lowest BCUT2D eigenvalue weighted by atomic mass is 9.98. The molecule has 9 heteroatoms. The second kappa shape index (κ2) is 10.1. The molecule has 0 aliphatic heterocycles. The molecule has 0 bridgehead atoms. The van der Waals surface area contributed by atoms with E-state index in [0.717, 1.165) is 22.3 Å². The van der Waals surface area contributed by atoms with Gasteiger partial charge in [0.05, 0.1) is 17.8 Å². The lowest BCUT2D eigenvalue weighted by Crippen LogP contribution is -2.23. The van der Waals surface area contributed by atoms with Crippen molar-refractivity contribution in [1.82, 2.24) is 24.6 Å². The van der Waals surface area contributed by atoms with E-state index in [1.54, 1.807) is 24.5 Å². The smallest absolute Gasteiger partial charge is 0.294 e. The summed E-state index contributed by atoms with van der Waals surface area (Å²) in [6.45, 7) is 0.970. The molecule has 1 amide bonds. The molecule has 9 nitrogen and oxygen atoms in total. The second-order valence-electron chi connectivity index (χ2n) is 8.17. The van der Waals surface area contributed by atoms with E-state index in [0.29, 0.717) is 12.2 Å². The summed E-state index contributed by atoms with van der Waals surface area (Å²) >= 11 is 0. The minimum absolute atomic E-state index is 0.170. The Labute approximate surface area is 206 Å². The number of nitrogens with zero attached hydrogens (tertiary/aromatic N) is 5. The van der Waals surface area contributed by atoms with Gasteiger partial charge in [0.2, 0.25) is 0 Å². The van der Waals surface area contributed by atoms with Gasteiger partial charge in [0.1, 0.15) is 5.69 Å². The maximum absolute atomic E-state index is 12.9. The van der Waals surface area contributed by atoms with Crippen molar-refractivity contribution in [1.29, 1.82) is 0 Å². The van der Waals surface area contributed by atoms with Crippen molar-refractivity contribution in [2.75, 3.05) is 0 Å². The largest absolute Gasteiger partial charge is 0.348 e. The van der Waals surface area contributed by atoms with Gasteiger partial charge in [-0.2, -0.15) is 5.10 Å². The molecule has 36 heavy (non-hydrogen) atoms. The number of imidazole rings is 1. The maximum Gasteiger partial charge on any atom is 0.294 e. The Hall–Kier alpha value is -5.05. The van der Waals surface area contributed by atoms with Crippen LogP contribution >= 0.6 is 0 Å². The van der Waals surface area contributed by atoms with E-state index < -0.39 is 4.92 Å². The van der Waals surface area contributed by atoms with Gasteiger partial charge in [0.15, 0.2) is 0 Å². The van der Waals surface area contributed by atoms with Crippen LogP contribution in [0.4, 0.5) is 5.69 Å². The summed E-state index contributed by atoms with van der Waals surface area (Å²) in [6, 6.07) is 22.4. The zero-order valence-electron chi connectivity index (χ0n) is 19.2. The van der Waals surface area contributed by atoms with E-state index >= 15 is 0 Å². The summed E-state index contributed by atoms with van der Waals surface area (Å²) in [5.74, 6) is -0.389. The average Bonchev–Trinajstić information content (AvgIpc) is 3.62. The first kappa shape index (κ1) is 22.7. The van der Waals surface area contributed by atoms with Gasteiger partial charge in [-0.05, 0) is 40.5 Å². The molecule has 5 aromatic rings. The first-order valence-corrected chi connectivity index (χ1v) is 11.3. The number of benzene rings is 3. The number of carbonyl (C=O) groups excluding carboxylic acids is 1. The molecule has 0 unspecified atom stereocenters. The van der Waals surface area contributed by atoms with Gasteiger partial charge in [0, 0.05) is 43.0 Å². The number of hydrogen-bond acceptors (Lipinski definition) is 5. The Balaban J connectivity index is 1.32. The molecule has 0 aliphatic rings. The van der Waals surface area contributed by atoms with Crippen molar-refractivity contribution in [2.45, 2.75) is 13.1 Å². The third-order valence-corrected chi connectivity index (χ3v) is 5.84. The van der Waals surface area contributed by atoms with E-state index in [4.69, 9.17) is 0 Å². The SMILES string of the molecule is O=C(NCc1ccccc1-c1ccc(Cn2cccn2)cc1)c1ccc(-n2ccnc2)c([N+](=O)[O-])c1. The van der Waals surface area contributed by atoms with Crippen LogP contribution in [0.2, 0.25) is 0 Å². The molecule has 178 valence electrons. The normalized spacial score (nSPS) is 10.8. The number of hydrogen-bond donors (Lipinski definition) is 1. The molecule has 0 radical (unpaired) electrons. The first-order chi connectivity index (χ1) is 17.6. The number of carbonyl (C=O) groups is 1. The summed E-state index contributed by atoms with van der Waals surface area (Å²) in [7, 11) is 0. The monoisotopic (exact) mass is 478 g/mol. The van der Waals surface area contributed by atoms with Gasteiger partial charge in [0.25, 0.3) is 11.6 Å². The molecule has 0 saturated heterocycles. The Bertz CT molecular complexity index is 1490. The molecule has 0 aliphatic carbocycles. The topological polar surface area (TPSA) is 108 Å². The predicted molar refractivity (Wildman–Crippen MR) is 135 cm³/mol. The Morgan fingerprint density at radius 1 is 0.972 bits per heavy atom. The van der Waals surface area contributed by atoms with Gasteiger partial charge in [-0.3, -0.25) is 19.6 Å². The second-order valence-corrected chi connectivity index (χ2v) is 8.17. The highest BCUT2D eigenvalue weighted by Crippen LogP contribution is 2.26. The number of amides is 1. The van der Waals surface area contributed by atoms with Crippen LogP contribution in [0, 0.1) is 10.1 Å². The molecule has 5 rings (SSSR count). The van der Waals surface area contributed by atoms with Crippen molar-refractivity contribution in [3.63, 3.8) is 0 Å². The molecule has 0 fully saturated rings. The van der Waals surface area contributed by atoms with Crippen LogP contribution in [-0.2, 0) is 13.1 Å². The van der Waals surface area contributed by atoms with Crippen LogP contribution < -0.4 is 5.32 Å². The highest BCUT2D eigenvalue weighted by molar-refractivity contribution is 5.95. The Kier molecular flexibility index (Phi) is 6.35. The predicted octanol–water partition coefficient (Wildman–Crippen LogP) is 4.62. The van der Waals surface area contributed by atoms with Crippen LogP contribution in [0.15, 0.2) is 104 Å². The summed E-state index contributed by atoms with van der Waals surface area (Å²) in [5.41, 5.74) is 4.50. The Morgan fingerprint density at radius 2 is 1.81 bits per heavy atom. The van der Waals surface area contributed by atoms with Crippen molar-refractivity contribution in [2.24, 2.45) is 0 Å². The molecular formula is C27H22N6O3. The third-order valence-electron chi connectivity index (χ3n) is 5.84. The highest BCUT2D eigenvalue weighted by Gasteiger charge is 2.19. The van der Waals surface area contributed by atoms with E-state index in [-0.39, 0.29) is 23.7 Å². The molecular weight excluding hydrogens is 456 g/mol. The van der Waals surface area contributed by atoms with Crippen molar-refractivity contribution >= 4 is 11.6 Å². The number of aromatic nitrogens is 4. The van der Waals surface area contributed by atoms with Gasteiger partial charge in [-0.1, -0.05) is 48.5 Å². The minimum Gasteiger partial charge on any atom is -0.348 e. The zero-order valence-corrected chi connectivity index (χ0v) is 19.2. The first-order valence-electron chi connectivity index (χ1n) is 11.3. The van der Waals surface area contributed by atoms with Crippen molar-refractivity contribution < 1.29 is 9.72 Å². The van der Waals surface area contributed by atoms with E-state index in [9.17, 15) is 14.9 Å². The molecule has 0 spiro atoms. The Morgan fingerprint density at radius 3 is 2.53 bits per heavy atom. The maximum atomic E-state index is 12.9. The van der Waals surface area contributed by atoms with Crippen LogP contribution in [-0.4, -0.2) is 30.2 Å². The number of nitrogens with one attached hydrogen (secondary N) is 1. The van der Waals surface area contributed by atoms with Gasteiger partial charge in [-0.25, -0.2) is 4.98 Å². The summed E-state index contributed by atoms with van der Waals surface area (Å²) < 4.78 is 3.40. The van der Waals surface area contributed by atoms with Crippen molar-refractivity contribution in [3.05, 3.63) is 131 Å². The zero-order chi connectivity index (χ0) is 24.9. The van der Waals surface area contributed by atoms with Crippen molar-refractivity contribution in [3.8, 4) is 16.8 Å². The number of nitro groups is 1. The van der Waals surface area contributed by atoms with Crippen LogP contribution in [0.3, 0.4) is 0 Å². The summed E-state index contributed by atoms with van der Waals surface area (Å²) in [5, 5.41) is 18.8. The van der Waals surface area contributed by atoms with E-state index in [1.165, 1.54) is 23.2 Å². The number of nitro benzene ring substituents is 1. The summed E-state index contributed by atoms with van der Waals surface area (Å²) in [6.07, 6.45) is 8.30. The molecule has 2 aromatic heterocycles. The van der Waals surface area contributed by atoms with E-state index in [2.05, 4.69) is 39.7 Å². The molecule has 0 atom stereocenters. The summed E-state index contributed by atoms with van der Waals surface area (Å²) in [4.78, 5) is 27.9. The van der Waals surface area contributed by atoms with Gasteiger partial charge in [-0.15, -0.1) is 0 Å². The van der Waals surface area contributed by atoms with Crippen LogP contribution in [0.25, 0.3) is 16.8 Å². The fourth-order valence-corrected chi connectivity index (χ4v) is 4.04. The van der Waals surface area contributed by atoms with Gasteiger partial charge < -0.3 is 9.88 Å². The number of rotatable bonds is 8. The standard InChI is InChI=1S/C27H22N6O3/c34-27(22-10-11-25(26(16-22)33(35)36)31-15-13-28-19-31)29-17-23-4-1-2-5-24(23)21-8-6-20(7-9-21)18-32-14-3-12-30-32/h1-16,19H,17-18H2,(H,29,34). The van der Waals surface area contributed by atoms with Crippen LogP contribution in [0.5, 0.6) is 0 Å². The molecule has 3 aromatic carbocycles. The molecule has 1 N–H and O–H groups in total. The third kappa shape index (κ3) is 4.90. The lowest BCUT2D eigenvalue weighted by Gasteiger charge is -2.12. The quantitative estimate of drug-likeness (QED) is 0.259. The van der Waals surface area contributed by atoms with Gasteiger partial charge >= 0.3 is 0 Å². The highest BCUT2D eigenvalue weighted by atomic mass is 16.6. The van der Waals surface area contributed by atoms with E-state index in [1.807, 2.05) is 41.2 Å². The minimum atomic E-state index is -0.503.